The lowest BCUT2D eigenvalue weighted by atomic mass is 10.0. The standard InChI is InChI=1S/C25H31NO3Si/c1-25(2,3)30(20-10-6-4-7-11-20,21-12-8-5-9-13-21)29-18-19-14-15-22-23(27)16-17-24(28)26(19)22/h4-13,19,22H,14-18H2,1-3H3/t19-,22-/m0/s1. The van der Waals surface area contributed by atoms with Crippen LogP contribution in [0, 0.1) is 0 Å². The lowest BCUT2D eigenvalue weighted by Crippen LogP contribution is -2.67. The highest BCUT2D eigenvalue weighted by atomic mass is 28.4. The van der Waals surface area contributed by atoms with E-state index in [1.54, 1.807) is 0 Å². The number of piperidine rings is 1. The van der Waals surface area contributed by atoms with E-state index < -0.39 is 8.32 Å². The van der Waals surface area contributed by atoms with Gasteiger partial charge in [0.25, 0.3) is 8.32 Å². The number of hydrogen-bond acceptors (Lipinski definition) is 3. The zero-order valence-electron chi connectivity index (χ0n) is 18.1. The van der Waals surface area contributed by atoms with Crippen molar-refractivity contribution in [3.63, 3.8) is 0 Å². The summed E-state index contributed by atoms with van der Waals surface area (Å²) in [5.74, 6) is 0.315. The van der Waals surface area contributed by atoms with E-state index in [0.29, 0.717) is 19.4 Å². The van der Waals surface area contributed by atoms with Gasteiger partial charge in [-0.2, -0.15) is 0 Å². The van der Waals surface area contributed by atoms with Gasteiger partial charge in [0.15, 0.2) is 5.78 Å². The molecular weight excluding hydrogens is 390 g/mol. The van der Waals surface area contributed by atoms with E-state index in [2.05, 4.69) is 69.3 Å². The highest BCUT2D eigenvalue weighted by Gasteiger charge is 2.51. The van der Waals surface area contributed by atoms with Crippen molar-refractivity contribution in [2.24, 2.45) is 0 Å². The van der Waals surface area contributed by atoms with Gasteiger partial charge in [-0.15, -0.1) is 0 Å². The first-order valence-corrected chi connectivity index (χ1v) is 12.8. The van der Waals surface area contributed by atoms with Gasteiger partial charge < -0.3 is 9.33 Å². The second-order valence-corrected chi connectivity index (χ2v) is 13.8. The molecule has 0 aliphatic carbocycles. The van der Waals surface area contributed by atoms with Gasteiger partial charge in [-0.25, -0.2) is 0 Å². The van der Waals surface area contributed by atoms with Crippen LogP contribution in [0.5, 0.6) is 0 Å². The van der Waals surface area contributed by atoms with Crippen molar-refractivity contribution in [3.8, 4) is 0 Å². The van der Waals surface area contributed by atoms with Crippen molar-refractivity contribution in [2.45, 2.75) is 63.6 Å². The number of Topliss-reactive ketones (excluding diaryl/α,β-unsaturated/α-hetero) is 1. The Bertz CT molecular complexity index is 867. The number of hydrogen-bond donors (Lipinski definition) is 0. The number of carbonyl (C=O) groups excluding carboxylic acids is 2. The minimum Gasteiger partial charge on any atom is -0.405 e. The molecule has 0 N–H and O–H groups in total. The molecular formula is C25H31NO3Si. The highest BCUT2D eigenvalue weighted by molar-refractivity contribution is 6.99. The lowest BCUT2D eigenvalue weighted by molar-refractivity contribution is -0.145. The summed E-state index contributed by atoms with van der Waals surface area (Å²) in [5, 5.41) is 2.37. The Morgan fingerprint density at radius 1 is 0.900 bits per heavy atom. The first-order chi connectivity index (χ1) is 14.3. The maximum absolute atomic E-state index is 12.6. The van der Waals surface area contributed by atoms with Gasteiger partial charge in [0.05, 0.1) is 18.7 Å². The van der Waals surface area contributed by atoms with Gasteiger partial charge in [-0.1, -0.05) is 81.4 Å². The van der Waals surface area contributed by atoms with E-state index in [1.165, 1.54) is 10.4 Å². The molecule has 1 amide bonds. The molecule has 0 unspecified atom stereocenters. The molecule has 0 saturated carbocycles. The SMILES string of the molecule is CC(C)(C)[Si](OC[C@@H]1CC[C@H]2C(=O)CCC(=O)N12)(c1ccccc1)c1ccccc1. The molecule has 158 valence electrons. The highest BCUT2D eigenvalue weighted by Crippen LogP contribution is 2.38. The molecule has 2 saturated heterocycles. The summed E-state index contributed by atoms with van der Waals surface area (Å²) in [4.78, 5) is 26.8. The fourth-order valence-corrected chi connectivity index (χ4v) is 9.85. The topological polar surface area (TPSA) is 46.6 Å². The number of carbonyl (C=O) groups is 2. The van der Waals surface area contributed by atoms with Crippen LogP contribution in [0.25, 0.3) is 0 Å². The fourth-order valence-electron chi connectivity index (χ4n) is 5.25. The first kappa shape index (κ1) is 21.0. The van der Waals surface area contributed by atoms with E-state index in [0.717, 1.165) is 12.8 Å². The molecule has 2 aliphatic heterocycles. The third kappa shape index (κ3) is 3.54. The third-order valence-electron chi connectivity index (χ3n) is 6.66. The normalized spacial score (nSPS) is 22.3. The summed E-state index contributed by atoms with van der Waals surface area (Å²) >= 11 is 0. The molecule has 2 aromatic carbocycles. The molecule has 5 heteroatoms. The number of benzene rings is 2. The first-order valence-electron chi connectivity index (χ1n) is 10.9. The predicted octanol–water partition coefficient (Wildman–Crippen LogP) is 3.29. The van der Waals surface area contributed by atoms with Crippen LogP contribution in [0.4, 0.5) is 0 Å². The lowest BCUT2D eigenvalue weighted by Gasteiger charge is -2.44. The van der Waals surface area contributed by atoms with Crippen LogP contribution in [0.2, 0.25) is 5.04 Å². The quantitative estimate of drug-likeness (QED) is 0.696. The summed E-state index contributed by atoms with van der Waals surface area (Å²) in [6.07, 6.45) is 2.33. The van der Waals surface area contributed by atoms with Crippen LogP contribution in [0.15, 0.2) is 60.7 Å². The monoisotopic (exact) mass is 421 g/mol. The zero-order chi connectivity index (χ0) is 21.4. The molecule has 4 rings (SSSR count). The zero-order valence-corrected chi connectivity index (χ0v) is 19.1. The average molecular weight is 422 g/mol. The molecule has 0 aromatic heterocycles. The van der Waals surface area contributed by atoms with Crippen molar-refractivity contribution >= 4 is 30.4 Å². The van der Waals surface area contributed by atoms with Crippen molar-refractivity contribution in [2.75, 3.05) is 6.61 Å². The van der Waals surface area contributed by atoms with Crippen LogP contribution in [-0.4, -0.2) is 43.6 Å². The minimum atomic E-state index is -2.64. The maximum atomic E-state index is 12.6. The Kier molecular flexibility index (Phi) is 5.69. The molecule has 2 aromatic rings. The molecule has 2 aliphatic rings. The van der Waals surface area contributed by atoms with Crippen molar-refractivity contribution in [3.05, 3.63) is 60.7 Å². The van der Waals surface area contributed by atoms with Crippen molar-refractivity contribution < 1.29 is 14.0 Å². The summed E-state index contributed by atoms with van der Waals surface area (Å²) < 4.78 is 7.02. The van der Waals surface area contributed by atoms with Crippen molar-refractivity contribution in [1.29, 1.82) is 0 Å². The Balaban J connectivity index is 1.71. The maximum Gasteiger partial charge on any atom is 0.261 e. The molecule has 2 heterocycles. The summed E-state index contributed by atoms with van der Waals surface area (Å²) in [6, 6.07) is 20.8. The second kappa shape index (κ2) is 8.12. The predicted molar refractivity (Wildman–Crippen MR) is 121 cm³/mol. The van der Waals surface area contributed by atoms with Gasteiger partial charge in [-0.05, 0) is 28.3 Å². The van der Waals surface area contributed by atoms with Gasteiger partial charge in [-0.3, -0.25) is 9.59 Å². The van der Waals surface area contributed by atoms with E-state index >= 15 is 0 Å². The van der Waals surface area contributed by atoms with Crippen LogP contribution in [0.3, 0.4) is 0 Å². The molecule has 0 bridgehead atoms. The molecule has 30 heavy (non-hydrogen) atoms. The van der Waals surface area contributed by atoms with E-state index in [4.69, 9.17) is 4.43 Å². The van der Waals surface area contributed by atoms with Crippen molar-refractivity contribution in [1.82, 2.24) is 4.90 Å². The van der Waals surface area contributed by atoms with Crippen LogP contribution in [-0.2, 0) is 14.0 Å². The van der Waals surface area contributed by atoms with Gasteiger partial charge >= 0.3 is 0 Å². The third-order valence-corrected chi connectivity index (χ3v) is 11.7. The Labute approximate surface area is 180 Å². The Morgan fingerprint density at radius 3 is 2.00 bits per heavy atom. The smallest absolute Gasteiger partial charge is 0.261 e. The summed E-state index contributed by atoms with van der Waals surface area (Å²) in [7, 11) is -2.64. The molecule has 2 atom stereocenters. The molecule has 0 radical (unpaired) electrons. The van der Waals surface area contributed by atoms with E-state index in [-0.39, 0.29) is 28.8 Å². The van der Waals surface area contributed by atoms with Gasteiger partial charge in [0.1, 0.15) is 0 Å². The number of fused-ring (bicyclic) bond motifs is 1. The Morgan fingerprint density at radius 2 is 1.47 bits per heavy atom. The largest absolute Gasteiger partial charge is 0.405 e. The Hall–Kier alpha value is -2.24. The van der Waals surface area contributed by atoms with E-state index in [9.17, 15) is 9.59 Å². The van der Waals surface area contributed by atoms with Gasteiger partial charge in [0.2, 0.25) is 5.91 Å². The van der Waals surface area contributed by atoms with Crippen LogP contribution in [0.1, 0.15) is 46.5 Å². The molecule has 2 fully saturated rings. The molecule has 0 spiro atoms. The second-order valence-electron chi connectivity index (χ2n) is 9.49. The minimum absolute atomic E-state index is 0.0200. The number of nitrogens with zero attached hydrogens (tertiary/aromatic N) is 1. The average Bonchev–Trinajstić information content (AvgIpc) is 3.17. The number of amides is 1. The number of ketones is 1. The summed E-state index contributed by atoms with van der Waals surface area (Å²) in [5.41, 5.74) is 0. The molecule has 4 nitrogen and oxygen atoms in total. The summed E-state index contributed by atoms with van der Waals surface area (Å²) in [6.45, 7) is 7.24. The van der Waals surface area contributed by atoms with Gasteiger partial charge in [0, 0.05) is 12.8 Å². The van der Waals surface area contributed by atoms with E-state index in [1.807, 2.05) is 17.0 Å². The fraction of sp³-hybridized carbons (Fsp3) is 0.440. The number of rotatable bonds is 5. The van der Waals surface area contributed by atoms with Crippen LogP contribution >= 0.6 is 0 Å². The van der Waals surface area contributed by atoms with Crippen LogP contribution < -0.4 is 10.4 Å².